The molecule has 0 radical (unpaired) electrons. The molecule has 2 aromatic heterocycles. The van der Waals surface area contributed by atoms with Gasteiger partial charge in [-0.2, -0.15) is 0 Å². The number of hydrogen-bond acceptors (Lipinski definition) is 7. The molecular formula is C22H25N5O2. The Balaban J connectivity index is 1.41. The van der Waals surface area contributed by atoms with Gasteiger partial charge in [-0.15, -0.1) is 0 Å². The predicted octanol–water partition coefficient (Wildman–Crippen LogP) is 3.60. The average Bonchev–Trinajstić information content (AvgIpc) is 2.76. The number of carbonyl (C=O) groups excluding carboxylic acids is 1. The number of fused-ring (bicyclic) bond motifs is 2. The van der Waals surface area contributed by atoms with E-state index in [-0.39, 0.29) is 0 Å². The molecule has 4 rings (SSSR count). The van der Waals surface area contributed by atoms with Crippen molar-refractivity contribution < 1.29 is 9.53 Å². The fraction of sp³-hybridized carbons (Fsp3) is 0.364. The third-order valence-electron chi connectivity index (χ3n) is 5.04. The van der Waals surface area contributed by atoms with Crippen molar-refractivity contribution in [3.05, 3.63) is 53.5 Å². The molecule has 0 spiro atoms. The molecule has 0 saturated heterocycles. The van der Waals surface area contributed by atoms with Gasteiger partial charge in [-0.3, -0.25) is 4.98 Å². The Morgan fingerprint density at radius 1 is 1.07 bits per heavy atom. The number of carbonyl (C=O) groups is 1. The highest BCUT2D eigenvalue weighted by Gasteiger charge is 2.17. The molecule has 2 N–H and O–H groups in total. The Morgan fingerprint density at radius 3 is 2.66 bits per heavy atom. The van der Waals surface area contributed by atoms with E-state index in [1.165, 1.54) is 47.6 Å². The molecule has 7 heteroatoms. The number of rotatable bonds is 7. The molecule has 2 heterocycles. The van der Waals surface area contributed by atoms with E-state index in [4.69, 9.17) is 9.72 Å². The summed E-state index contributed by atoms with van der Waals surface area (Å²) in [4.78, 5) is 24.9. The largest absolute Gasteiger partial charge is 0.462 e. The first-order valence-corrected chi connectivity index (χ1v) is 10.1. The van der Waals surface area contributed by atoms with Crippen molar-refractivity contribution >= 4 is 28.5 Å². The second kappa shape index (κ2) is 8.86. The van der Waals surface area contributed by atoms with Crippen molar-refractivity contribution in [3.8, 4) is 0 Å². The highest BCUT2D eigenvalue weighted by molar-refractivity contribution is 5.93. The maximum Gasteiger partial charge on any atom is 0.341 e. The summed E-state index contributed by atoms with van der Waals surface area (Å²) in [6.45, 7) is 3.48. The zero-order valence-corrected chi connectivity index (χ0v) is 16.6. The topological polar surface area (TPSA) is 89.0 Å². The van der Waals surface area contributed by atoms with Gasteiger partial charge < -0.3 is 15.4 Å². The van der Waals surface area contributed by atoms with Crippen molar-refractivity contribution in [2.45, 2.75) is 32.6 Å². The summed E-state index contributed by atoms with van der Waals surface area (Å²) in [6, 6.07) is 8.30. The normalized spacial score (nSPS) is 13.0. The highest BCUT2D eigenvalue weighted by atomic mass is 16.5. The molecule has 0 saturated carbocycles. The van der Waals surface area contributed by atoms with Crippen LogP contribution in [0.1, 0.15) is 41.4 Å². The molecule has 1 aliphatic carbocycles. The molecule has 0 bridgehead atoms. The van der Waals surface area contributed by atoms with E-state index in [0.717, 1.165) is 24.9 Å². The maximum absolute atomic E-state index is 11.7. The first-order chi connectivity index (χ1) is 14.3. The molecule has 150 valence electrons. The fourth-order valence-corrected chi connectivity index (χ4v) is 3.68. The summed E-state index contributed by atoms with van der Waals surface area (Å²) in [6.07, 6.45) is 7.50. The number of aromatic nitrogens is 3. The number of esters is 1. The monoisotopic (exact) mass is 391 g/mol. The molecule has 3 aromatic rings. The molecule has 1 aliphatic rings. The lowest BCUT2D eigenvalue weighted by Gasteiger charge is -2.21. The van der Waals surface area contributed by atoms with Gasteiger partial charge in [0.15, 0.2) is 0 Å². The zero-order valence-electron chi connectivity index (χ0n) is 16.6. The van der Waals surface area contributed by atoms with Crippen LogP contribution in [0.4, 0.5) is 11.6 Å². The van der Waals surface area contributed by atoms with Gasteiger partial charge >= 0.3 is 5.97 Å². The lowest BCUT2D eigenvalue weighted by atomic mass is 9.92. The Morgan fingerprint density at radius 2 is 1.83 bits per heavy atom. The molecule has 7 nitrogen and oxygen atoms in total. The van der Waals surface area contributed by atoms with E-state index in [9.17, 15) is 4.79 Å². The molecule has 0 amide bonds. The standard InChI is InChI=1S/C22H25N5O2/c1-2-29-21(28)15-13-25-22(26-14-15)24-12-11-23-20-16-7-3-5-9-18(16)27-19-10-6-4-8-17(19)20/h3,5,7,9,13-14H,2,4,6,8,10-12H2,1H3,(H,23,27)(H,24,25,26). The molecular weight excluding hydrogens is 366 g/mol. The van der Waals surface area contributed by atoms with Crippen molar-refractivity contribution in [1.29, 1.82) is 0 Å². The van der Waals surface area contributed by atoms with Crippen LogP contribution < -0.4 is 10.6 Å². The fourth-order valence-electron chi connectivity index (χ4n) is 3.68. The molecule has 0 unspecified atom stereocenters. The van der Waals surface area contributed by atoms with E-state index >= 15 is 0 Å². The third kappa shape index (κ3) is 4.29. The SMILES string of the molecule is CCOC(=O)c1cnc(NCCNc2c3c(nc4ccccc24)CCCC3)nc1. The lowest BCUT2D eigenvalue weighted by Crippen LogP contribution is -2.18. The van der Waals surface area contributed by atoms with E-state index in [0.29, 0.717) is 24.7 Å². The van der Waals surface area contributed by atoms with Crippen LogP contribution in [-0.4, -0.2) is 40.6 Å². The first kappa shape index (κ1) is 19.1. The van der Waals surface area contributed by atoms with Gasteiger partial charge in [-0.1, -0.05) is 18.2 Å². The van der Waals surface area contributed by atoms with Crippen molar-refractivity contribution in [1.82, 2.24) is 15.0 Å². The van der Waals surface area contributed by atoms with Crippen molar-refractivity contribution in [2.75, 3.05) is 30.3 Å². The molecule has 1 aromatic carbocycles. The number of benzene rings is 1. The van der Waals surface area contributed by atoms with E-state index in [1.807, 2.05) is 6.07 Å². The maximum atomic E-state index is 11.7. The lowest BCUT2D eigenvalue weighted by molar-refractivity contribution is 0.0525. The number of aryl methyl sites for hydroxylation is 1. The Kier molecular flexibility index (Phi) is 5.84. The molecule has 0 atom stereocenters. The van der Waals surface area contributed by atoms with Crippen LogP contribution >= 0.6 is 0 Å². The van der Waals surface area contributed by atoms with Gasteiger partial charge in [-0.05, 0) is 44.2 Å². The van der Waals surface area contributed by atoms with Crippen molar-refractivity contribution in [3.63, 3.8) is 0 Å². The van der Waals surface area contributed by atoms with Gasteiger partial charge in [-0.25, -0.2) is 14.8 Å². The smallest absolute Gasteiger partial charge is 0.341 e. The van der Waals surface area contributed by atoms with Gasteiger partial charge in [0.25, 0.3) is 0 Å². The highest BCUT2D eigenvalue weighted by Crippen LogP contribution is 2.33. The Labute approximate surface area is 169 Å². The Bertz CT molecular complexity index is 1000. The number of anilines is 2. The van der Waals surface area contributed by atoms with Crippen LogP contribution in [0.2, 0.25) is 0 Å². The molecule has 29 heavy (non-hydrogen) atoms. The van der Waals surface area contributed by atoms with Gasteiger partial charge in [0.2, 0.25) is 5.95 Å². The van der Waals surface area contributed by atoms with E-state index in [2.05, 4.69) is 38.8 Å². The van der Waals surface area contributed by atoms with Gasteiger partial charge in [0.1, 0.15) is 0 Å². The number of nitrogens with zero attached hydrogens (tertiary/aromatic N) is 3. The summed E-state index contributed by atoms with van der Waals surface area (Å²) in [5.41, 5.74) is 5.17. The van der Waals surface area contributed by atoms with Gasteiger partial charge in [0, 0.05) is 42.3 Å². The van der Waals surface area contributed by atoms with Gasteiger partial charge in [0.05, 0.1) is 17.7 Å². The van der Waals surface area contributed by atoms with Crippen LogP contribution in [0.3, 0.4) is 0 Å². The molecule has 0 aliphatic heterocycles. The number of hydrogen-bond donors (Lipinski definition) is 2. The second-order valence-electron chi connectivity index (χ2n) is 7.01. The number of ether oxygens (including phenoxy) is 1. The van der Waals surface area contributed by atoms with Crippen molar-refractivity contribution in [2.24, 2.45) is 0 Å². The Hall–Kier alpha value is -3.22. The van der Waals surface area contributed by atoms with Crippen LogP contribution in [0, 0.1) is 0 Å². The number of nitrogens with one attached hydrogen (secondary N) is 2. The summed E-state index contributed by atoms with van der Waals surface area (Å²) in [5, 5.41) is 7.96. The molecule has 0 fully saturated rings. The minimum atomic E-state index is -0.407. The first-order valence-electron chi connectivity index (χ1n) is 10.1. The number of pyridine rings is 1. The minimum absolute atomic E-state index is 0.331. The third-order valence-corrected chi connectivity index (χ3v) is 5.04. The quantitative estimate of drug-likeness (QED) is 0.470. The van der Waals surface area contributed by atoms with Crippen LogP contribution in [0.15, 0.2) is 36.7 Å². The van der Waals surface area contributed by atoms with Crippen LogP contribution in [0.25, 0.3) is 10.9 Å². The van der Waals surface area contributed by atoms with E-state index in [1.54, 1.807) is 6.92 Å². The van der Waals surface area contributed by atoms with E-state index < -0.39 is 5.97 Å². The summed E-state index contributed by atoms with van der Waals surface area (Å²) in [5.74, 6) is 0.0801. The zero-order chi connectivity index (χ0) is 20.1. The van der Waals surface area contributed by atoms with Crippen LogP contribution in [0.5, 0.6) is 0 Å². The van der Waals surface area contributed by atoms with Crippen LogP contribution in [-0.2, 0) is 17.6 Å². The summed E-state index contributed by atoms with van der Waals surface area (Å²) >= 11 is 0. The second-order valence-corrected chi connectivity index (χ2v) is 7.01. The predicted molar refractivity (Wildman–Crippen MR) is 113 cm³/mol. The number of para-hydroxylation sites is 1. The minimum Gasteiger partial charge on any atom is -0.462 e. The summed E-state index contributed by atoms with van der Waals surface area (Å²) in [7, 11) is 0. The average molecular weight is 391 g/mol. The summed E-state index contributed by atoms with van der Waals surface area (Å²) < 4.78 is 4.94.